The number of hydrogen-bond donors (Lipinski definition) is 1. The van der Waals surface area contributed by atoms with Crippen LogP contribution < -0.4 is 10.2 Å². The van der Waals surface area contributed by atoms with Crippen LogP contribution in [0.2, 0.25) is 0 Å². The third-order valence-electron chi connectivity index (χ3n) is 3.42. The van der Waals surface area contributed by atoms with Crippen LogP contribution in [-0.2, 0) is 6.42 Å². The molecule has 0 aromatic carbocycles. The van der Waals surface area contributed by atoms with Crippen LogP contribution in [-0.4, -0.2) is 30.1 Å². The smallest absolute Gasteiger partial charge is 0.134 e. The maximum absolute atomic E-state index is 4.70. The molecule has 108 valence electrons. The molecule has 0 aliphatic carbocycles. The minimum atomic E-state index is 0.683. The number of aromatic nitrogens is 2. The predicted molar refractivity (Wildman–Crippen MR) is 82.9 cm³/mol. The Hall–Kier alpha value is -1.32. The second kappa shape index (κ2) is 7.97. The first-order valence-corrected chi connectivity index (χ1v) is 7.45. The van der Waals surface area contributed by atoms with Gasteiger partial charge >= 0.3 is 0 Å². The maximum atomic E-state index is 4.70. The number of hydrogen-bond acceptors (Lipinski definition) is 4. The number of rotatable bonds is 8. The lowest BCUT2D eigenvalue weighted by Gasteiger charge is -2.25. The molecule has 1 N–H and O–H groups in total. The Labute approximate surface area is 117 Å². The Balaban J connectivity index is 2.97. The van der Waals surface area contributed by atoms with Gasteiger partial charge in [0.1, 0.15) is 17.5 Å². The van der Waals surface area contributed by atoms with E-state index in [0.717, 1.165) is 43.4 Å². The van der Waals surface area contributed by atoms with Gasteiger partial charge in [-0.1, -0.05) is 27.2 Å². The molecule has 1 atom stereocenters. The van der Waals surface area contributed by atoms with E-state index in [1.807, 2.05) is 13.1 Å². The number of nitrogens with zero attached hydrogens (tertiary/aromatic N) is 3. The summed E-state index contributed by atoms with van der Waals surface area (Å²) in [5.74, 6) is 3.58. The highest BCUT2D eigenvalue weighted by Crippen LogP contribution is 2.18. The molecule has 1 aromatic rings. The van der Waals surface area contributed by atoms with E-state index in [0.29, 0.717) is 5.92 Å². The Bertz CT molecular complexity index is 378. The molecule has 0 spiro atoms. The lowest BCUT2D eigenvalue weighted by atomic mass is 10.1. The van der Waals surface area contributed by atoms with Gasteiger partial charge in [-0.3, -0.25) is 0 Å². The fourth-order valence-corrected chi connectivity index (χ4v) is 2.00. The van der Waals surface area contributed by atoms with E-state index in [2.05, 4.69) is 42.9 Å². The van der Waals surface area contributed by atoms with Crippen LogP contribution in [0.5, 0.6) is 0 Å². The Morgan fingerprint density at radius 2 is 2.00 bits per heavy atom. The molecular formula is C15H28N4. The normalized spacial score (nSPS) is 12.3. The Morgan fingerprint density at radius 3 is 2.53 bits per heavy atom. The van der Waals surface area contributed by atoms with Crippen LogP contribution >= 0.6 is 0 Å². The van der Waals surface area contributed by atoms with Crippen molar-refractivity contribution in [2.24, 2.45) is 5.92 Å². The van der Waals surface area contributed by atoms with E-state index in [4.69, 9.17) is 4.98 Å². The van der Waals surface area contributed by atoms with Crippen LogP contribution in [0.3, 0.4) is 0 Å². The van der Waals surface area contributed by atoms with E-state index in [9.17, 15) is 0 Å². The van der Waals surface area contributed by atoms with Gasteiger partial charge in [-0.2, -0.15) is 0 Å². The van der Waals surface area contributed by atoms with Crippen molar-refractivity contribution >= 4 is 11.6 Å². The molecule has 0 radical (unpaired) electrons. The third-order valence-corrected chi connectivity index (χ3v) is 3.42. The van der Waals surface area contributed by atoms with Crippen LogP contribution in [0.15, 0.2) is 6.07 Å². The zero-order valence-corrected chi connectivity index (χ0v) is 13.0. The second-order valence-corrected chi connectivity index (χ2v) is 5.08. The fraction of sp³-hybridized carbons (Fsp3) is 0.733. The summed E-state index contributed by atoms with van der Waals surface area (Å²) in [5, 5.41) is 3.13. The highest BCUT2D eigenvalue weighted by Gasteiger charge is 2.12. The molecule has 1 heterocycles. The first kappa shape index (κ1) is 15.7. The van der Waals surface area contributed by atoms with Gasteiger partial charge in [-0.05, 0) is 19.3 Å². The standard InChI is InChI=1S/C15H28N4/c1-6-9-13-17-14(16-5)10-15(18-13)19(8-3)11-12(4)7-2/h10,12H,6-9,11H2,1-5H3,(H,16,17,18). The summed E-state index contributed by atoms with van der Waals surface area (Å²) in [6.45, 7) is 10.9. The maximum Gasteiger partial charge on any atom is 0.134 e. The third kappa shape index (κ3) is 4.69. The molecule has 1 unspecified atom stereocenters. The lowest BCUT2D eigenvalue weighted by Crippen LogP contribution is -2.29. The zero-order valence-electron chi connectivity index (χ0n) is 13.0. The number of aryl methyl sites for hydroxylation is 1. The molecule has 4 nitrogen and oxygen atoms in total. The Morgan fingerprint density at radius 1 is 1.26 bits per heavy atom. The van der Waals surface area contributed by atoms with Crippen molar-refractivity contribution in [2.45, 2.75) is 47.0 Å². The Kier molecular flexibility index (Phi) is 6.60. The van der Waals surface area contributed by atoms with Crippen LogP contribution in [0.1, 0.15) is 46.4 Å². The van der Waals surface area contributed by atoms with Crippen LogP contribution in [0.4, 0.5) is 11.6 Å². The van der Waals surface area contributed by atoms with E-state index in [1.54, 1.807) is 0 Å². The molecule has 0 fully saturated rings. The van der Waals surface area contributed by atoms with Crippen molar-refractivity contribution in [3.63, 3.8) is 0 Å². The molecule has 0 aliphatic heterocycles. The molecule has 0 amide bonds. The molecule has 1 rings (SSSR count). The van der Waals surface area contributed by atoms with Crippen molar-refractivity contribution in [2.75, 3.05) is 30.4 Å². The monoisotopic (exact) mass is 264 g/mol. The first-order chi connectivity index (χ1) is 9.14. The zero-order chi connectivity index (χ0) is 14.3. The van der Waals surface area contributed by atoms with Crippen molar-refractivity contribution in [1.29, 1.82) is 0 Å². The van der Waals surface area contributed by atoms with Crippen LogP contribution in [0, 0.1) is 5.92 Å². The molecule has 4 heteroatoms. The van der Waals surface area contributed by atoms with Crippen molar-refractivity contribution < 1.29 is 0 Å². The van der Waals surface area contributed by atoms with Gasteiger partial charge in [0.05, 0.1) is 0 Å². The highest BCUT2D eigenvalue weighted by atomic mass is 15.2. The number of nitrogens with one attached hydrogen (secondary N) is 1. The molecule has 0 saturated heterocycles. The van der Waals surface area contributed by atoms with Gasteiger partial charge in [0.25, 0.3) is 0 Å². The van der Waals surface area contributed by atoms with Gasteiger partial charge in [0.2, 0.25) is 0 Å². The summed E-state index contributed by atoms with van der Waals surface area (Å²) in [5.41, 5.74) is 0. The van der Waals surface area contributed by atoms with E-state index in [-0.39, 0.29) is 0 Å². The molecule has 0 saturated carbocycles. The quantitative estimate of drug-likeness (QED) is 0.782. The van der Waals surface area contributed by atoms with Gasteiger partial charge in [0.15, 0.2) is 0 Å². The minimum absolute atomic E-state index is 0.683. The topological polar surface area (TPSA) is 41.1 Å². The summed E-state index contributed by atoms with van der Waals surface area (Å²) in [6, 6.07) is 2.05. The fourth-order valence-electron chi connectivity index (χ4n) is 2.00. The molecule has 19 heavy (non-hydrogen) atoms. The van der Waals surface area contributed by atoms with Crippen molar-refractivity contribution in [1.82, 2.24) is 9.97 Å². The summed E-state index contributed by atoms with van der Waals surface area (Å²) < 4.78 is 0. The molecular weight excluding hydrogens is 236 g/mol. The molecule has 1 aromatic heterocycles. The summed E-state index contributed by atoms with van der Waals surface area (Å²) in [6.07, 6.45) is 3.20. The van der Waals surface area contributed by atoms with Crippen LogP contribution in [0.25, 0.3) is 0 Å². The van der Waals surface area contributed by atoms with Gasteiger partial charge < -0.3 is 10.2 Å². The summed E-state index contributed by atoms with van der Waals surface area (Å²) in [4.78, 5) is 11.6. The first-order valence-electron chi connectivity index (χ1n) is 7.45. The van der Waals surface area contributed by atoms with Gasteiger partial charge in [-0.15, -0.1) is 0 Å². The minimum Gasteiger partial charge on any atom is -0.373 e. The molecule has 0 bridgehead atoms. The van der Waals surface area contributed by atoms with Crippen molar-refractivity contribution in [3.05, 3.63) is 11.9 Å². The summed E-state index contributed by atoms with van der Waals surface area (Å²) in [7, 11) is 1.91. The van der Waals surface area contributed by atoms with Gasteiger partial charge in [0, 0.05) is 32.6 Å². The van der Waals surface area contributed by atoms with E-state index in [1.165, 1.54) is 6.42 Å². The average Bonchev–Trinajstić information content (AvgIpc) is 2.44. The SMILES string of the molecule is CCCc1nc(NC)cc(N(CC)CC(C)CC)n1. The van der Waals surface area contributed by atoms with Gasteiger partial charge in [-0.25, -0.2) is 9.97 Å². The van der Waals surface area contributed by atoms with E-state index < -0.39 is 0 Å². The number of anilines is 2. The average molecular weight is 264 g/mol. The predicted octanol–water partition coefficient (Wildman–Crippen LogP) is 3.34. The highest BCUT2D eigenvalue weighted by molar-refractivity contribution is 5.49. The second-order valence-electron chi connectivity index (χ2n) is 5.08. The van der Waals surface area contributed by atoms with Crippen molar-refractivity contribution in [3.8, 4) is 0 Å². The molecule has 0 aliphatic rings. The van der Waals surface area contributed by atoms with E-state index >= 15 is 0 Å². The lowest BCUT2D eigenvalue weighted by molar-refractivity contribution is 0.544. The largest absolute Gasteiger partial charge is 0.373 e. The summed E-state index contributed by atoms with van der Waals surface area (Å²) >= 11 is 0.